The second-order valence-corrected chi connectivity index (χ2v) is 5.42. The van der Waals surface area contributed by atoms with Crippen LogP contribution in [0.15, 0.2) is 23.1 Å². The first-order valence-corrected chi connectivity index (χ1v) is 6.92. The van der Waals surface area contributed by atoms with Crippen LogP contribution < -0.4 is 10.5 Å². The van der Waals surface area contributed by atoms with E-state index in [2.05, 4.69) is 5.32 Å². The van der Waals surface area contributed by atoms with E-state index in [4.69, 9.17) is 16.7 Å². The number of carbonyl (C=O) groups is 1. The second-order valence-electron chi connectivity index (χ2n) is 3.51. The van der Waals surface area contributed by atoms with Gasteiger partial charge in [0, 0.05) is 18.0 Å². The van der Waals surface area contributed by atoms with Crippen molar-refractivity contribution in [2.45, 2.75) is 18.2 Å². The monoisotopic (exact) mass is 276 g/mol. The first-order valence-electron chi connectivity index (χ1n) is 4.84. The number of aryl methyl sites for hydroxylation is 1. The summed E-state index contributed by atoms with van der Waals surface area (Å²) in [5, 5.41) is 7.59. The summed E-state index contributed by atoms with van der Waals surface area (Å²) in [4.78, 5) is 11.3. The fourth-order valence-corrected chi connectivity index (χ4v) is 2.27. The normalized spacial score (nSPS) is 11.2. The third-order valence-electron chi connectivity index (χ3n) is 2.10. The van der Waals surface area contributed by atoms with Gasteiger partial charge in [0.15, 0.2) is 0 Å². The van der Waals surface area contributed by atoms with Crippen molar-refractivity contribution >= 4 is 33.2 Å². The summed E-state index contributed by atoms with van der Waals surface area (Å²) < 4.78 is 22.5. The van der Waals surface area contributed by atoms with E-state index in [1.165, 1.54) is 6.07 Å². The highest BCUT2D eigenvalue weighted by atomic mass is 35.5. The predicted molar refractivity (Wildman–Crippen MR) is 66.5 cm³/mol. The van der Waals surface area contributed by atoms with Crippen molar-refractivity contribution < 1.29 is 13.2 Å². The maximum Gasteiger partial charge on any atom is 0.238 e. The van der Waals surface area contributed by atoms with Crippen molar-refractivity contribution in [2.24, 2.45) is 5.14 Å². The predicted octanol–water partition coefficient (Wildman–Crippen LogP) is 1.21. The van der Waals surface area contributed by atoms with Crippen LogP contribution in [0.3, 0.4) is 0 Å². The number of alkyl halides is 1. The Morgan fingerprint density at radius 2 is 2.12 bits per heavy atom. The first-order chi connectivity index (χ1) is 7.84. The van der Waals surface area contributed by atoms with Gasteiger partial charge in [-0.15, -0.1) is 11.6 Å². The molecule has 0 unspecified atom stereocenters. The summed E-state index contributed by atoms with van der Waals surface area (Å²) in [7, 11) is -3.78. The molecule has 0 spiro atoms. The smallest absolute Gasteiger partial charge is 0.238 e. The lowest BCUT2D eigenvalue weighted by Crippen LogP contribution is -2.16. The Labute approximate surface area is 105 Å². The number of nitrogens with one attached hydrogen (secondary N) is 1. The molecule has 5 nitrogen and oxygen atoms in total. The zero-order valence-electron chi connectivity index (χ0n) is 9.23. The van der Waals surface area contributed by atoms with Crippen molar-refractivity contribution in [2.75, 3.05) is 11.2 Å². The van der Waals surface area contributed by atoms with Crippen molar-refractivity contribution in [1.29, 1.82) is 0 Å². The van der Waals surface area contributed by atoms with E-state index in [-0.39, 0.29) is 23.1 Å². The molecule has 1 rings (SSSR count). The number of anilines is 1. The van der Waals surface area contributed by atoms with Crippen LogP contribution in [0.2, 0.25) is 0 Å². The second kappa shape index (κ2) is 5.48. The lowest BCUT2D eigenvalue weighted by Gasteiger charge is -2.08. The van der Waals surface area contributed by atoms with Crippen LogP contribution in [0, 0.1) is 6.92 Å². The zero-order valence-corrected chi connectivity index (χ0v) is 10.8. The molecule has 0 aliphatic rings. The molecule has 0 bridgehead atoms. The Morgan fingerprint density at radius 1 is 1.47 bits per heavy atom. The molecule has 0 aliphatic heterocycles. The molecule has 1 amide bonds. The Kier molecular flexibility index (Phi) is 4.50. The fraction of sp³-hybridized carbons (Fsp3) is 0.300. The van der Waals surface area contributed by atoms with Crippen LogP contribution in [-0.2, 0) is 14.8 Å². The summed E-state index contributed by atoms with van der Waals surface area (Å²) in [6.07, 6.45) is 0.167. The van der Waals surface area contributed by atoms with Crippen molar-refractivity contribution in [1.82, 2.24) is 0 Å². The van der Waals surface area contributed by atoms with Crippen molar-refractivity contribution in [3.8, 4) is 0 Å². The van der Waals surface area contributed by atoms with Gasteiger partial charge in [0.2, 0.25) is 15.9 Å². The van der Waals surface area contributed by atoms with E-state index in [9.17, 15) is 13.2 Å². The maximum absolute atomic E-state index is 11.3. The number of sulfonamides is 1. The molecule has 1 aromatic rings. The molecule has 1 aromatic carbocycles. The molecule has 0 aliphatic carbocycles. The molecular weight excluding hydrogens is 264 g/mol. The summed E-state index contributed by atoms with van der Waals surface area (Å²) >= 11 is 5.41. The Bertz CT molecular complexity index is 528. The van der Waals surface area contributed by atoms with Gasteiger partial charge in [0.05, 0.1) is 4.90 Å². The fourth-order valence-electron chi connectivity index (χ4n) is 1.29. The number of hydrogen-bond donors (Lipinski definition) is 2. The van der Waals surface area contributed by atoms with Gasteiger partial charge in [0.25, 0.3) is 0 Å². The number of rotatable bonds is 4. The van der Waals surface area contributed by atoms with Gasteiger partial charge in [-0.1, -0.05) is 6.07 Å². The average Bonchev–Trinajstić information content (AvgIpc) is 2.19. The lowest BCUT2D eigenvalue weighted by atomic mass is 10.2. The number of primary sulfonamides is 1. The molecule has 0 saturated carbocycles. The Morgan fingerprint density at radius 3 is 2.65 bits per heavy atom. The maximum atomic E-state index is 11.3. The summed E-state index contributed by atoms with van der Waals surface area (Å²) in [6, 6.07) is 4.52. The topological polar surface area (TPSA) is 89.3 Å². The molecule has 0 radical (unpaired) electrons. The molecule has 0 aromatic heterocycles. The van der Waals surface area contributed by atoms with E-state index in [1.807, 2.05) is 0 Å². The number of halogens is 1. The highest BCUT2D eigenvalue weighted by molar-refractivity contribution is 7.89. The molecule has 0 atom stereocenters. The number of hydrogen-bond acceptors (Lipinski definition) is 3. The third kappa shape index (κ3) is 3.99. The molecule has 0 heterocycles. The standard InChI is InChI=1S/C10H13ClN2O3S/c1-7-2-3-8(13-10(14)4-5-11)6-9(7)17(12,15)16/h2-3,6H,4-5H2,1H3,(H,13,14)(H2,12,15,16). The number of amides is 1. The lowest BCUT2D eigenvalue weighted by molar-refractivity contribution is -0.115. The Balaban J connectivity index is 3.02. The van der Waals surface area contributed by atoms with Gasteiger partial charge in [-0.2, -0.15) is 0 Å². The highest BCUT2D eigenvalue weighted by Crippen LogP contribution is 2.19. The van der Waals surface area contributed by atoms with Crippen LogP contribution in [-0.4, -0.2) is 20.2 Å². The van der Waals surface area contributed by atoms with Gasteiger partial charge in [-0.05, 0) is 24.6 Å². The molecule has 7 heteroatoms. The molecular formula is C10H13ClN2O3S. The minimum Gasteiger partial charge on any atom is -0.326 e. The summed E-state index contributed by atoms with van der Waals surface area (Å²) in [5.74, 6) is -0.0658. The van der Waals surface area contributed by atoms with Crippen LogP contribution in [0.5, 0.6) is 0 Å². The molecule has 0 saturated heterocycles. The van der Waals surface area contributed by atoms with Gasteiger partial charge < -0.3 is 5.32 Å². The van der Waals surface area contributed by atoms with Gasteiger partial charge in [-0.3, -0.25) is 4.79 Å². The van der Waals surface area contributed by atoms with Crippen molar-refractivity contribution in [3.63, 3.8) is 0 Å². The van der Waals surface area contributed by atoms with E-state index < -0.39 is 10.0 Å². The van der Waals surface area contributed by atoms with Crippen LogP contribution in [0.1, 0.15) is 12.0 Å². The Hall–Kier alpha value is -1.11. The molecule has 0 fully saturated rings. The third-order valence-corrected chi connectivity index (χ3v) is 3.34. The van der Waals surface area contributed by atoms with E-state index in [1.54, 1.807) is 19.1 Å². The van der Waals surface area contributed by atoms with Gasteiger partial charge >= 0.3 is 0 Å². The van der Waals surface area contributed by atoms with Crippen LogP contribution in [0.4, 0.5) is 5.69 Å². The minimum absolute atomic E-state index is 0.00109. The minimum atomic E-state index is -3.78. The van der Waals surface area contributed by atoms with Crippen molar-refractivity contribution in [3.05, 3.63) is 23.8 Å². The number of nitrogens with two attached hydrogens (primary N) is 1. The number of benzene rings is 1. The zero-order chi connectivity index (χ0) is 13.1. The SMILES string of the molecule is Cc1ccc(NC(=O)CCCl)cc1S(N)(=O)=O. The molecule has 3 N–H and O–H groups in total. The summed E-state index contributed by atoms with van der Waals surface area (Å²) in [5.41, 5.74) is 0.914. The van der Waals surface area contributed by atoms with Gasteiger partial charge in [0.1, 0.15) is 0 Å². The molecule has 94 valence electrons. The molecule has 17 heavy (non-hydrogen) atoms. The average molecular weight is 277 g/mol. The highest BCUT2D eigenvalue weighted by Gasteiger charge is 2.12. The van der Waals surface area contributed by atoms with E-state index in [0.717, 1.165) is 0 Å². The van der Waals surface area contributed by atoms with Gasteiger partial charge in [-0.25, -0.2) is 13.6 Å². The largest absolute Gasteiger partial charge is 0.326 e. The number of carbonyl (C=O) groups excluding carboxylic acids is 1. The first kappa shape index (κ1) is 14.0. The van der Waals surface area contributed by atoms with E-state index in [0.29, 0.717) is 11.3 Å². The summed E-state index contributed by atoms with van der Waals surface area (Å²) in [6.45, 7) is 1.63. The van der Waals surface area contributed by atoms with E-state index >= 15 is 0 Å². The van der Waals surface area contributed by atoms with Crippen LogP contribution >= 0.6 is 11.6 Å². The quantitative estimate of drug-likeness (QED) is 0.810. The van der Waals surface area contributed by atoms with Crippen LogP contribution in [0.25, 0.3) is 0 Å².